The first-order chi connectivity index (χ1) is 11.6. The van der Waals surface area contributed by atoms with Crippen molar-refractivity contribution in [3.8, 4) is 11.8 Å². The van der Waals surface area contributed by atoms with Gasteiger partial charge in [0.15, 0.2) is 15.3 Å². The second-order valence-corrected chi connectivity index (χ2v) is 8.62. The van der Waals surface area contributed by atoms with E-state index in [4.69, 9.17) is 10.1 Å². The summed E-state index contributed by atoms with van der Waals surface area (Å²) < 4.78 is 31.1. The Morgan fingerprint density at radius 2 is 2.04 bits per heavy atom. The Morgan fingerprint density at radius 1 is 1.36 bits per heavy atom. The number of rotatable bonds is 2. The van der Waals surface area contributed by atoms with E-state index in [2.05, 4.69) is 11.2 Å². The number of nitrogens with zero attached hydrogens (tertiary/aromatic N) is 3. The smallest absolute Gasteiger partial charge is 0.177 e. The molecule has 0 spiro atoms. The third-order valence-corrected chi connectivity index (χ3v) is 5.27. The highest BCUT2D eigenvalue weighted by Crippen LogP contribution is 2.28. The zero-order valence-electron chi connectivity index (χ0n) is 14.2. The summed E-state index contributed by atoms with van der Waals surface area (Å²) >= 11 is 0. The summed E-state index contributed by atoms with van der Waals surface area (Å²) in [4.78, 5) is 0.0573. The van der Waals surface area contributed by atoms with Crippen molar-refractivity contribution in [1.29, 1.82) is 10.7 Å². The van der Waals surface area contributed by atoms with E-state index in [1.54, 1.807) is 18.2 Å². The SMILES string of the molecule is CC1(C)Cc2c(nn(-c3ccccc3S(C)(=O)=O)c(=N)c2C#N)CO1. The topological polar surface area (TPSA) is 109 Å². The molecular formula is C17H18N4O3S. The van der Waals surface area contributed by atoms with Crippen LogP contribution in [0.3, 0.4) is 0 Å². The first-order valence-corrected chi connectivity index (χ1v) is 9.56. The fourth-order valence-corrected chi connectivity index (χ4v) is 3.77. The molecule has 0 bridgehead atoms. The lowest BCUT2D eigenvalue weighted by molar-refractivity contribution is -0.0428. The van der Waals surface area contributed by atoms with Crippen LogP contribution >= 0.6 is 0 Å². The minimum absolute atomic E-state index is 0.0573. The second-order valence-electron chi connectivity index (χ2n) is 6.64. The van der Waals surface area contributed by atoms with Gasteiger partial charge in [0.1, 0.15) is 11.6 Å². The van der Waals surface area contributed by atoms with E-state index in [0.717, 1.165) is 6.26 Å². The van der Waals surface area contributed by atoms with Gasteiger partial charge >= 0.3 is 0 Å². The predicted molar refractivity (Wildman–Crippen MR) is 89.8 cm³/mol. The molecule has 2 heterocycles. The van der Waals surface area contributed by atoms with Crippen LogP contribution in [-0.4, -0.2) is 30.1 Å². The molecule has 1 aliphatic rings. The van der Waals surface area contributed by atoms with Crippen molar-refractivity contribution < 1.29 is 13.2 Å². The summed E-state index contributed by atoms with van der Waals surface area (Å²) in [5.74, 6) is 0. The number of nitrogens with one attached hydrogen (secondary N) is 1. The Labute approximate surface area is 145 Å². The number of hydrogen-bond acceptors (Lipinski definition) is 6. The largest absolute Gasteiger partial charge is 0.369 e. The van der Waals surface area contributed by atoms with Gasteiger partial charge < -0.3 is 4.74 Å². The molecule has 1 aliphatic heterocycles. The van der Waals surface area contributed by atoms with Gasteiger partial charge in [0.25, 0.3) is 0 Å². The quantitative estimate of drug-likeness (QED) is 0.874. The highest BCUT2D eigenvalue weighted by molar-refractivity contribution is 7.90. The monoisotopic (exact) mass is 358 g/mol. The molecule has 7 nitrogen and oxygen atoms in total. The van der Waals surface area contributed by atoms with Crippen LogP contribution in [0.25, 0.3) is 5.69 Å². The van der Waals surface area contributed by atoms with Gasteiger partial charge in [0.2, 0.25) is 0 Å². The van der Waals surface area contributed by atoms with Gasteiger partial charge in [-0.05, 0) is 26.0 Å². The summed E-state index contributed by atoms with van der Waals surface area (Å²) in [6.07, 6.45) is 1.57. The molecule has 130 valence electrons. The maximum atomic E-state index is 12.1. The van der Waals surface area contributed by atoms with Gasteiger partial charge in [0.05, 0.1) is 28.5 Å². The highest BCUT2D eigenvalue weighted by Gasteiger charge is 2.31. The molecule has 3 rings (SSSR count). The molecule has 0 saturated heterocycles. The van der Waals surface area contributed by atoms with Crippen molar-refractivity contribution in [2.45, 2.75) is 37.4 Å². The van der Waals surface area contributed by atoms with Gasteiger partial charge in [-0.3, -0.25) is 5.41 Å². The number of hydrogen-bond donors (Lipinski definition) is 1. The molecular weight excluding hydrogens is 340 g/mol. The van der Waals surface area contributed by atoms with E-state index in [-0.39, 0.29) is 28.2 Å². The van der Waals surface area contributed by atoms with Crippen LogP contribution in [0, 0.1) is 16.7 Å². The van der Waals surface area contributed by atoms with Gasteiger partial charge in [-0.2, -0.15) is 10.4 Å². The number of nitriles is 1. The Kier molecular flexibility index (Phi) is 4.01. The molecule has 0 unspecified atom stereocenters. The second kappa shape index (κ2) is 5.79. The number of para-hydroxylation sites is 1. The molecule has 1 N–H and O–H groups in total. The standard InChI is InChI=1S/C17H18N4O3S/c1-17(2)8-11-12(9-18)16(19)21(20-13(11)10-24-17)14-6-4-5-7-15(14)25(3,22)23/h4-7,19H,8,10H2,1-3H3. The Balaban J connectivity index is 2.33. The lowest BCUT2D eigenvalue weighted by Crippen LogP contribution is -2.37. The van der Waals surface area contributed by atoms with E-state index in [1.165, 1.54) is 10.7 Å². The van der Waals surface area contributed by atoms with E-state index in [1.807, 2.05) is 13.8 Å². The normalized spacial score (nSPS) is 16.1. The Bertz CT molecular complexity index is 1060. The molecule has 0 atom stereocenters. The van der Waals surface area contributed by atoms with E-state index in [0.29, 0.717) is 17.7 Å². The van der Waals surface area contributed by atoms with Crippen molar-refractivity contribution in [2.75, 3.05) is 6.26 Å². The molecule has 0 saturated carbocycles. The van der Waals surface area contributed by atoms with Gasteiger partial charge in [-0.15, -0.1) is 0 Å². The van der Waals surface area contributed by atoms with Gasteiger partial charge in [-0.25, -0.2) is 13.1 Å². The summed E-state index contributed by atoms with van der Waals surface area (Å²) in [6.45, 7) is 4.04. The van der Waals surface area contributed by atoms with Crippen LogP contribution < -0.4 is 5.49 Å². The molecule has 1 aromatic carbocycles. The number of ether oxygens (including phenoxy) is 1. The number of fused-ring (bicyclic) bond motifs is 1. The van der Waals surface area contributed by atoms with Crippen molar-refractivity contribution in [3.63, 3.8) is 0 Å². The van der Waals surface area contributed by atoms with Crippen molar-refractivity contribution >= 4 is 9.84 Å². The summed E-state index contributed by atoms with van der Waals surface area (Å²) in [5.41, 5.74) is 1.12. The molecule has 0 radical (unpaired) electrons. The van der Waals surface area contributed by atoms with Crippen LogP contribution in [0.15, 0.2) is 29.2 Å². The molecule has 8 heteroatoms. The van der Waals surface area contributed by atoms with Crippen LogP contribution in [0.4, 0.5) is 0 Å². The highest BCUT2D eigenvalue weighted by atomic mass is 32.2. The molecule has 0 amide bonds. The third-order valence-electron chi connectivity index (χ3n) is 4.13. The summed E-state index contributed by atoms with van der Waals surface area (Å²) in [7, 11) is -3.52. The maximum absolute atomic E-state index is 12.1. The van der Waals surface area contributed by atoms with Crippen molar-refractivity contribution in [2.24, 2.45) is 0 Å². The van der Waals surface area contributed by atoms with Gasteiger partial charge in [-0.1, -0.05) is 12.1 Å². The first kappa shape index (κ1) is 17.3. The van der Waals surface area contributed by atoms with Crippen molar-refractivity contribution in [1.82, 2.24) is 9.78 Å². The fraction of sp³-hybridized carbons (Fsp3) is 0.353. The van der Waals surface area contributed by atoms with E-state index < -0.39 is 15.4 Å². The van der Waals surface area contributed by atoms with Crippen LogP contribution in [-0.2, 0) is 27.6 Å². The van der Waals surface area contributed by atoms with Crippen LogP contribution in [0.5, 0.6) is 0 Å². The zero-order valence-corrected chi connectivity index (χ0v) is 15.0. The summed E-state index contributed by atoms with van der Waals surface area (Å²) in [6, 6.07) is 8.39. The number of benzene rings is 1. The maximum Gasteiger partial charge on any atom is 0.177 e. The lowest BCUT2D eigenvalue weighted by atomic mass is 9.92. The fourth-order valence-electron chi connectivity index (χ4n) is 2.91. The number of sulfone groups is 1. The lowest BCUT2D eigenvalue weighted by Gasteiger charge is -2.32. The van der Waals surface area contributed by atoms with Crippen LogP contribution in [0.1, 0.15) is 30.7 Å². The van der Waals surface area contributed by atoms with Crippen LogP contribution in [0.2, 0.25) is 0 Å². The minimum Gasteiger partial charge on any atom is -0.369 e. The minimum atomic E-state index is -3.52. The third kappa shape index (κ3) is 3.08. The van der Waals surface area contributed by atoms with E-state index in [9.17, 15) is 13.7 Å². The number of aromatic nitrogens is 2. The average molecular weight is 358 g/mol. The van der Waals surface area contributed by atoms with Gasteiger partial charge in [0, 0.05) is 18.2 Å². The molecule has 0 aliphatic carbocycles. The van der Waals surface area contributed by atoms with Crippen molar-refractivity contribution in [3.05, 3.63) is 46.6 Å². The molecule has 1 aromatic heterocycles. The van der Waals surface area contributed by atoms with E-state index >= 15 is 0 Å². The Hall–Kier alpha value is -2.50. The zero-order chi connectivity index (χ0) is 18.4. The average Bonchev–Trinajstić information content (AvgIpc) is 2.53. The first-order valence-electron chi connectivity index (χ1n) is 7.67. The summed E-state index contributed by atoms with van der Waals surface area (Å²) in [5, 5.41) is 22.4. The predicted octanol–water partition coefficient (Wildman–Crippen LogP) is 1.48. The molecule has 2 aromatic rings. The Morgan fingerprint density at radius 3 is 2.68 bits per heavy atom. The molecule has 25 heavy (non-hydrogen) atoms. The molecule has 0 fully saturated rings.